The normalized spacial score (nSPS) is 15.8. The summed E-state index contributed by atoms with van der Waals surface area (Å²) in [5.74, 6) is 0. The third-order valence-electron chi connectivity index (χ3n) is 2.81. The lowest BCUT2D eigenvalue weighted by molar-refractivity contribution is 0.580. The zero-order chi connectivity index (χ0) is 11.0. The Balaban J connectivity index is 1.79. The molecule has 0 radical (unpaired) electrons. The van der Waals surface area contributed by atoms with E-state index in [1.807, 2.05) is 11.4 Å². The van der Waals surface area contributed by atoms with Gasteiger partial charge < -0.3 is 5.32 Å². The molecule has 0 bridgehead atoms. The van der Waals surface area contributed by atoms with E-state index in [0.717, 1.165) is 16.8 Å². The maximum atomic E-state index is 12.0. The number of thiophene rings is 1. The summed E-state index contributed by atoms with van der Waals surface area (Å²) in [5.41, 5.74) is 0.0730. The highest BCUT2D eigenvalue weighted by Gasteiger charge is 2.19. The zero-order valence-electron chi connectivity index (χ0n) is 8.85. The molecule has 1 fully saturated rings. The Kier molecular flexibility index (Phi) is 2.49. The van der Waals surface area contributed by atoms with Crippen LogP contribution in [0.15, 0.2) is 22.6 Å². The van der Waals surface area contributed by atoms with Crippen molar-refractivity contribution in [3.05, 3.63) is 28.1 Å². The molecule has 0 unspecified atom stereocenters. The minimum Gasteiger partial charge on any atom is -0.312 e. The van der Waals surface area contributed by atoms with Crippen molar-refractivity contribution in [1.29, 1.82) is 0 Å². The van der Waals surface area contributed by atoms with Crippen molar-refractivity contribution in [1.82, 2.24) is 14.9 Å². The largest absolute Gasteiger partial charge is 0.312 e. The van der Waals surface area contributed by atoms with Crippen LogP contribution in [0.25, 0.3) is 10.2 Å². The zero-order valence-corrected chi connectivity index (χ0v) is 9.67. The van der Waals surface area contributed by atoms with E-state index in [1.54, 1.807) is 10.9 Å². The molecule has 0 aromatic carbocycles. The van der Waals surface area contributed by atoms with E-state index >= 15 is 0 Å². The molecule has 3 rings (SSSR count). The van der Waals surface area contributed by atoms with Gasteiger partial charge in [0.25, 0.3) is 5.56 Å². The molecular weight excluding hydrogens is 222 g/mol. The number of fused-ring (bicyclic) bond motifs is 1. The van der Waals surface area contributed by atoms with Crippen LogP contribution in [0, 0.1) is 0 Å². The first-order chi connectivity index (χ1) is 7.84. The summed E-state index contributed by atoms with van der Waals surface area (Å²) in [6, 6.07) is 2.54. The molecule has 0 aliphatic heterocycles. The lowest BCUT2D eigenvalue weighted by atomic mass is 10.4. The second kappa shape index (κ2) is 3.99. The Morgan fingerprint density at radius 1 is 1.56 bits per heavy atom. The first kappa shape index (κ1) is 9.99. The fourth-order valence-corrected chi connectivity index (χ4v) is 2.45. The molecule has 1 aliphatic rings. The fourth-order valence-electron chi connectivity index (χ4n) is 1.73. The Morgan fingerprint density at radius 2 is 2.44 bits per heavy atom. The van der Waals surface area contributed by atoms with Gasteiger partial charge in [0.2, 0.25) is 0 Å². The lowest BCUT2D eigenvalue weighted by Crippen LogP contribution is -2.28. The molecule has 0 saturated heterocycles. The number of rotatable bonds is 4. The molecule has 2 heterocycles. The third kappa shape index (κ3) is 1.88. The highest BCUT2D eigenvalue weighted by Crippen LogP contribution is 2.18. The van der Waals surface area contributed by atoms with E-state index in [0.29, 0.717) is 12.6 Å². The van der Waals surface area contributed by atoms with Gasteiger partial charge in [0, 0.05) is 19.1 Å². The molecule has 84 valence electrons. The first-order valence-electron chi connectivity index (χ1n) is 5.50. The van der Waals surface area contributed by atoms with Crippen LogP contribution in [-0.4, -0.2) is 22.1 Å². The van der Waals surface area contributed by atoms with Gasteiger partial charge in [0.15, 0.2) is 0 Å². The third-order valence-corrected chi connectivity index (χ3v) is 3.63. The molecule has 2 aromatic rings. The van der Waals surface area contributed by atoms with E-state index in [2.05, 4.69) is 10.3 Å². The molecule has 0 atom stereocenters. The molecule has 0 spiro atoms. The van der Waals surface area contributed by atoms with Gasteiger partial charge >= 0.3 is 0 Å². The van der Waals surface area contributed by atoms with Crippen molar-refractivity contribution in [2.75, 3.05) is 6.54 Å². The molecular formula is C11H13N3OS. The predicted octanol–water partition coefficient (Wildman–Crippen LogP) is 1.21. The molecule has 2 aromatic heterocycles. The van der Waals surface area contributed by atoms with Crippen molar-refractivity contribution in [2.24, 2.45) is 0 Å². The van der Waals surface area contributed by atoms with Crippen LogP contribution in [-0.2, 0) is 6.54 Å². The van der Waals surface area contributed by atoms with Crippen LogP contribution >= 0.6 is 11.3 Å². The molecule has 1 saturated carbocycles. The number of nitrogens with one attached hydrogen (secondary N) is 1. The SMILES string of the molecule is O=c1c2ccsc2ncn1CCNC1CC1. The standard InChI is InChI=1S/C11H13N3OS/c15-11-9-3-6-16-10(9)13-7-14(11)5-4-12-8-1-2-8/h3,6-8,12H,1-2,4-5H2. The molecule has 1 N–H and O–H groups in total. The summed E-state index contributed by atoms with van der Waals surface area (Å²) >= 11 is 1.51. The Hall–Kier alpha value is -1.20. The topological polar surface area (TPSA) is 46.9 Å². The van der Waals surface area contributed by atoms with Crippen LogP contribution in [0.5, 0.6) is 0 Å². The summed E-state index contributed by atoms with van der Waals surface area (Å²) in [5, 5.41) is 6.03. The number of hydrogen-bond acceptors (Lipinski definition) is 4. The number of hydrogen-bond donors (Lipinski definition) is 1. The van der Waals surface area contributed by atoms with Crippen LogP contribution < -0.4 is 10.9 Å². The Labute approximate surface area is 96.9 Å². The monoisotopic (exact) mass is 235 g/mol. The van der Waals surface area contributed by atoms with E-state index in [-0.39, 0.29) is 5.56 Å². The molecule has 5 heteroatoms. The van der Waals surface area contributed by atoms with E-state index in [9.17, 15) is 4.79 Å². The summed E-state index contributed by atoms with van der Waals surface area (Å²) in [4.78, 5) is 17.1. The van der Waals surface area contributed by atoms with Crippen LogP contribution in [0.3, 0.4) is 0 Å². The van der Waals surface area contributed by atoms with Gasteiger partial charge in [-0.2, -0.15) is 0 Å². The summed E-state index contributed by atoms with van der Waals surface area (Å²) in [7, 11) is 0. The van der Waals surface area contributed by atoms with Gasteiger partial charge in [0.1, 0.15) is 4.83 Å². The maximum Gasteiger partial charge on any atom is 0.262 e. The quantitative estimate of drug-likeness (QED) is 0.866. The van der Waals surface area contributed by atoms with Crippen molar-refractivity contribution in [3.63, 3.8) is 0 Å². The average Bonchev–Trinajstić information content (AvgIpc) is 2.97. The van der Waals surface area contributed by atoms with Crippen LogP contribution in [0.2, 0.25) is 0 Å². The van der Waals surface area contributed by atoms with Gasteiger partial charge in [-0.15, -0.1) is 11.3 Å². The summed E-state index contributed by atoms with van der Waals surface area (Å²) in [6.45, 7) is 1.55. The fraction of sp³-hybridized carbons (Fsp3) is 0.455. The maximum absolute atomic E-state index is 12.0. The molecule has 1 aliphatic carbocycles. The van der Waals surface area contributed by atoms with Crippen molar-refractivity contribution in [3.8, 4) is 0 Å². The van der Waals surface area contributed by atoms with Gasteiger partial charge in [-0.25, -0.2) is 4.98 Å². The smallest absolute Gasteiger partial charge is 0.262 e. The molecule has 0 amide bonds. The minimum atomic E-state index is 0.0730. The highest BCUT2D eigenvalue weighted by molar-refractivity contribution is 7.16. The molecule has 16 heavy (non-hydrogen) atoms. The van der Waals surface area contributed by atoms with Crippen LogP contribution in [0.4, 0.5) is 0 Å². The summed E-state index contributed by atoms with van der Waals surface area (Å²) in [6.07, 6.45) is 4.20. The number of aromatic nitrogens is 2. The average molecular weight is 235 g/mol. The van der Waals surface area contributed by atoms with Crippen molar-refractivity contribution in [2.45, 2.75) is 25.4 Å². The molecule has 4 nitrogen and oxygen atoms in total. The Bertz CT molecular complexity index is 556. The second-order valence-electron chi connectivity index (χ2n) is 4.11. The van der Waals surface area contributed by atoms with E-state index < -0.39 is 0 Å². The van der Waals surface area contributed by atoms with E-state index in [4.69, 9.17) is 0 Å². The Morgan fingerprint density at radius 3 is 3.25 bits per heavy atom. The van der Waals surface area contributed by atoms with Crippen LogP contribution in [0.1, 0.15) is 12.8 Å². The highest BCUT2D eigenvalue weighted by atomic mass is 32.1. The van der Waals surface area contributed by atoms with Gasteiger partial charge in [-0.05, 0) is 24.3 Å². The second-order valence-corrected chi connectivity index (χ2v) is 5.01. The van der Waals surface area contributed by atoms with Gasteiger partial charge in [-0.1, -0.05) is 0 Å². The number of nitrogens with zero attached hydrogens (tertiary/aromatic N) is 2. The van der Waals surface area contributed by atoms with Crippen molar-refractivity contribution >= 4 is 21.6 Å². The van der Waals surface area contributed by atoms with E-state index in [1.165, 1.54) is 24.2 Å². The predicted molar refractivity (Wildman–Crippen MR) is 64.9 cm³/mol. The first-order valence-corrected chi connectivity index (χ1v) is 6.38. The summed E-state index contributed by atoms with van der Waals surface area (Å²) < 4.78 is 1.68. The van der Waals surface area contributed by atoms with Gasteiger partial charge in [-0.3, -0.25) is 9.36 Å². The van der Waals surface area contributed by atoms with Crippen molar-refractivity contribution < 1.29 is 0 Å². The minimum absolute atomic E-state index is 0.0730. The lowest BCUT2D eigenvalue weighted by Gasteiger charge is -2.05. The van der Waals surface area contributed by atoms with Gasteiger partial charge in [0.05, 0.1) is 11.7 Å².